The van der Waals surface area contributed by atoms with Crippen LogP contribution >= 0.6 is 11.6 Å². The van der Waals surface area contributed by atoms with Crippen LogP contribution in [0.5, 0.6) is 5.88 Å². The van der Waals surface area contributed by atoms with E-state index in [0.717, 1.165) is 52.1 Å². The molecule has 12 nitrogen and oxygen atoms in total. The third-order valence-electron chi connectivity index (χ3n) is 6.99. The number of nitrogen functional groups attached to an aromatic ring is 1. The van der Waals surface area contributed by atoms with Crippen molar-refractivity contribution in [2.24, 2.45) is 11.8 Å². The van der Waals surface area contributed by atoms with Gasteiger partial charge < -0.3 is 40.7 Å². The number of halogens is 1. The van der Waals surface area contributed by atoms with E-state index in [2.05, 4.69) is 15.2 Å². The Hall–Kier alpha value is -3.03. The molecule has 0 aliphatic carbocycles. The summed E-state index contributed by atoms with van der Waals surface area (Å²) < 4.78 is 10.4. The van der Waals surface area contributed by atoms with Gasteiger partial charge in [-0.05, 0) is 56.3 Å². The first-order valence-corrected chi connectivity index (χ1v) is 12.8. The predicted molar refractivity (Wildman–Crippen MR) is 137 cm³/mol. The van der Waals surface area contributed by atoms with Crippen molar-refractivity contribution in [3.8, 4) is 5.88 Å². The van der Waals surface area contributed by atoms with Gasteiger partial charge in [-0.25, -0.2) is 14.6 Å². The molecule has 0 spiro atoms. The zero-order valence-corrected chi connectivity index (χ0v) is 21.4. The van der Waals surface area contributed by atoms with Gasteiger partial charge in [0.1, 0.15) is 0 Å². The Morgan fingerprint density at radius 3 is 2.58 bits per heavy atom. The molecule has 3 unspecified atom stereocenters. The fraction of sp³-hybridized carbons (Fsp3) is 0.520. The maximum Gasteiger partial charge on any atom is 0.345 e. The summed E-state index contributed by atoms with van der Waals surface area (Å²) in [5, 5.41) is 31.3. The van der Waals surface area contributed by atoms with E-state index in [1.165, 1.54) is 18.2 Å². The minimum absolute atomic E-state index is 0.108. The van der Waals surface area contributed by atoms with Gasteiger partial charge >= 0.3 is 11.9 Å². The molecule has 3 atom stereocenters. The van der Waals surface area contributed by atoms with E-state index in [1.54, 1.807) is 0 Å². The minimum Gasteiger partial charge on any atom is -0.479 e. The molecule has 0 saturated carbocycles. The summed E-state index contributed by atoms with van der Waals surface area (Å²) in [6, 6.07) is 4.07. The predicted octanol–water partition coefficient (Wildman–Crippen LogP) is 0.661. The van der Waals surface area contributed by atoms with Gasteiger partial charge in [0.15, 0.2) is 12.2 Å². The lowest BCUT2D eigenvalue weighted by molar-refractivity contribution is -0.164. The molecule has 38 heavy (non-hydrogen) atoms. The Labute approximate surface area is 223 Å². The molecule has 2 aliphatic heterocycles. The lowest BCUT2D eigenvalue weighted by Crippen LogP contribution is -2.41. The number of carboxylic acid groups (broad SMARTS) is 1. The molecule has 13 heteroatoms. The highest BCUT2D eigenvalue weighted by Gasteiger charge is 2.32. The SMILES string of the molecule is Nc1c(Cl)cc(C(=O)NCC2CCN(CC3CCOC3)CC2)c2nc(OC(=O)C(O)C(O)C(=O)O)ccc12. The molecule has 4 rings (SSSR count). The number of amides is 1. The van der Waals surface area contributed by atoms with Crippen LogP contribution < -0.4 is 15.8 Å². The lowest BCUT2D eigenvalue weighted by atomic mass is 9.95. The van der Waals surface area contributed by atoms with E-state index in [4.69, 9.17) is 31.9 Å². The molecule has 1 aromatic carbocycles. The van der Waals surface area contributed by atoms with Crippen molar-refractivity contribution in [3.05, 3.63) is 28.8 Å². The van der Waals surface area contributed by atoms with Crippen molar-refractivity contribution in [1.29, 1.82) is 0 Å². The number of hydrogen-bond acceptors (Lipinski definition) is 10. The number of aliphatic hydroxyl groups excluding tert-OH is 2. The van der Waals surface area contributed by atoms with Crippen molar-refractivity contribution in [2.75, 3.05) is 45.1 Å². The van der Waals surface area contributed by atoms with E-state index in [1.807, 2.05) is 0 Å². The zero-order valence-electron chi connectivity index (χ0n) is 20.6. The van der Waals surface area contributed by atoms with E-state index in [9.17, 15) is 24.6 Å². The number of nitrogens with zero attached hydrogens (tertiary/aromatic N) is 2. The van der Waals surface area contributed by atoms with Gasteiger partial charge in [-0.2, -0.15) is 0 Å². The molecule has 1 aromatic heterocycles. The second-order valence-corrected chi connectivity index (χ2v) is 10.1. The molecular formula is C25H31ClN4O8. The number of ether oxygens (including phenoxy) is 2. The van der Waals surface area contributed by atoms with Crippen molar-refractivity contribution >= 4 is 46.0 Å². The molecule has 0 bridgehead atoms. The number of nitrogens with one attached hydrogen (secondary N) is 1. The summed E-state index contributed by atoms with van der Waals surface area (Å²) in [6.45, 7) is 5.11. The van der Waals surface area contributed by atoms with Crippen molar-refractivity contribution < 1.29 is 39.2 Å². The number of esters is 1. The maximum atomic E-state index is 13.1. The van der Waals surface area contributed by atoms with Gasteiger partial charge in [-0.3, -0.25) is 4.79 Å². The van der Waals surface area contributed by atoms with Gasteiger partial charge in [-0.1, -0.05) is 11.6 Å². The third-order valence-corrected chi connectivity index (χ3v) is 7.30. The highest BCUT2D eigenvalue weighted by atomic mass is 35.5. The van der Waals surface area contributed by atoms with E-state index in [-0.39, 0.29) is 27.7 Å². The second-order valence-electron chi connectivity index (χ2n) is 9.70. The number of carboxylic acids is 1. The quantitative estimate of drug-likeness (QED) is 0.218. The number of fused-ring (bicyclic) bond motifs is 1. The van der Waals surface area contributed by atoms with Gasteiger partial charge in [0.05, 0.1) is 28.4 Å². The first-order valence-electron chi connectivity index (χ1n) is 12.4. The number of aliphatic hydroxyl groups is 2. The van der Waals surface area contributed by atoms with Crippen LogP contribution in [0.25, 0.3) is 10.9 Å². The van der Waals surface area contributed by atoms with E-state index in [0.29, 0.717) is 23.8 Å². The maximum absolute atomic E-state index is 13.1. The number of carbonyl (C=O) groups is 3. The Kier molecular flexibility index (Phi) is 9.00. The summed E-state index contributed by atoms with van der Waals surface area (Å²) in [6.07, 6.45) is -1.68. The number of hydrogen-bond donors (Lipinski definition) is 5. The fourth-order valence-corrected chi connectivity index (χ4v) is 4.93. The molecule has 2 aromatic rings. The highest BCUT2D eigenvalue weighted by molar-refractivity contribution is 6.35. The Balaban J connectivity index is 1.42. The minimum atomic E-state index is -2.37. The molecule has 2 saturated heterocycles. The molecule has 2 aliphatic rings. The third kappa shape index (κ3) is 6.51. The van der Waals surface area contributed by atoms with Gasteiger partial charge in [0, 0.05) is 31.1 Å². The number of carbonyl (C=O) groups excluding carboxylic acids is 2. The molecule has 6 N–H and O–H groups in total. The summed E-state index contributed by atoms with van der Waals surface area (Å²) in [4.78, 5) is 42.6. The largest absolute Gasteiger partial charge is 0.479 e. The number of piperidine rings is 1. The average molecular weight is 551 g/mol. The van der Waals surface area contributed by atoms with Crippen LogP contribution in [-0.2, 0) is 14.3 Å². The van der Waals surface area contributed by atoms with E-state index < -0.39 is 30.1 Å². The number of rotatable bonds is 9. The average Bonchev–Trinajstić information content (AvgIpc) is 3.42. The smallest absolute Gasteiger partial charge is 0.345 e. The number of likely N-dealkylation sites (tertiary alicyclic amines) is 1. The second kappa shape index (κ2) is 12.2. The Morgan fingerprint density at radius 1 is 1.18 bits per heavy atom. The van der Waals surface area contributed by atoms with Crippen LogP contribution in [0.4, 0.5) is 5.69 Å². The Morgan fingerprint density at radius 2 is 1.92 bits per heavy atom. The lowest BCUT2D eigenvalue weighted by Gasteiger charge is -2.33. The standard InChI is InChI=1S/C25H31ClN4O8/c26-17-9-16(23(33)28-10-13-3-6-30(7-4-13)11-14-5-8-37-12-14)20-15(19(17)27)1-2-18(29-20)38-25(36)22(32)21(31)24(34)35/h1-2,9,13-14,21-22,31-32H,3-8,10-12,27H2,(H,28,33)(H,34,35). The number of nitrogens with two attached hydrogens (primary N) is 1. The van der Waals surface area contributed by atoms with Crippen molar-refractivity contribution in [3.63, 3.8) is 0 Å². The van der Waals surface area contributed by atoms with Crippen LogP contribution in [0.15, 0.2) is 18.2 Å². The molecular weight excluding hydrogens is 520 g/mol. The molecule has 3 heterocycles. The number of benzene rings is 1. The number of pyridine rings is 1. The molecule has 0 radical (unpaired) electrons. The molecule has 1 amide bonds. The molecule has 206 valence electrons. The van der Waals surface area contributed by atoms with Crippen molar-refractivity contribution in [2.45, 2.75) is 31.5 Å². The van der Waals surface area contributed by atoms with Crippen LogP contribution in [0.1, 0.15) is 29.6 Å². The van der Waals surface area contributed by atoms with Gasteiger partial charge in [-0.15, -0.1) is 0 Å². The first kappa shape index (κ1) is 28.0. The summed E-state index contributed by atoms with van der Waals surface area (Å²) in [5.74, 6) is -3.06. The van der Waals surface area contributed by atoms with Crippen LogP contribution in [-0.4, -0.2) is 94.6 Å². The van der Waals surface area contributed by atoms with E-state index >= 15 is 0 Å². The number of aromatic nitrogens is 1. The summed E-state index contributed by atoms with van der Waals surface area (Å²) in [5.41, 5.74) is 6.45. The van der Waals surface area contributed by atoms with Gasteiger partial charge in [0.25, 0.3) is 5.91 Å². The van der Waals surface area contributed by atoms with Crippen LogP contribution in [0, 0.1) is 11.8 Å². The number of aliphatic carboxylic acids is 1. The highest BCUT2D eigenvalue weighted by Crippen LogP contribution is 2.32. The van der Waals surface area contributed by atoms with Crippen molar-refractivity contribution in [1.82, 2.24) is 15.2 Å². The van der Waals surface area contributed by atoms with Crippen LogP contribution in [0.3, 0.4) is 0 Å². The number of anilines is 1. The van der Waals surface area contributed by atoms with Gasteiger partial charge in [0.2, 0.25) is 5.88 Å². The molecule has 2 fully saturated rings. The topological polar surface area (TPSA) is 185 Å². The zero-order chi connectivity index (χ0) is 27.4. The summed E-state index contributed by atoms with van der Waals surface area (Å²) in [7, 11) is 0. The normalized spacial score (nSPS) is 20.2. The fourth-order valence-electron chi connectivity index (χ4n) is 4.72. The summed E-state index contributed by atoms with van der Waals surface area (Å²) >= 11 is 6.25. The first-order chi connectivity index (χ1) is 18.1. The Bertz CT molecular complexity index is 1200. The van der Waals surface area contributed by atoms with Crippen LogP contribution in [0.2, 0.25) is 5.02 Å². The monoisotopic (exact) mass is 550 g/mol.